The third kappa shape index (κ3) is 5.51. The van der Waals surface area contributed by atoms with Crippen LogP contribution in [0.4, 0.5) is 13.2 Å². The number of carbonyl (C=O) groups excluding carboxylic acids is 1. The highest BCUT2D eigenvalue weighted by Crippen LogP contribution is 2.33. The molecule has 0 bridgehead atoms. The largest absolute Gasteiger partial charge is 0.416 e. The molecule has 1 aromatic heterocycles. The van der Waals surface area contributed by atoms with Crippen molar-refractivity contribution in [3.05, 3.63) is 67.7 Å². The van der Waals surface area contributed by atoms with E-state index in [1.165, 1.54) is 18.2 Å². The zero-order valence-electron chi connectivity index (χ0n) is 18.5. The molecule has 0 spiro atoms. The molecule has 2 N–H and O–H groups in total. The van der Waals surface area contributed by atoms with Gasteiger partial charge < -0.3 is 15.0 Å². The van der Waals surface area contributed by atoms with E-state index in [0.29, 0.717) is 18.7 Å². The molecule has 6 nitrogen and oxygen atoms in total. The summed E-state index contributed by atoms with van der Waals surface area (Å²) in [5.41, 5.74) is -1.22. The maximum absolute atomic E-state index is 13.1. The van der Waals surface area contributed by atoms with Gasteiger partial charge in [-0.3, -0.25) is 14.2 Å². The molecule has 3 aromatic rings. The van der Waals surface area contributed by atoms with Gasteiger partial charge in [0.05, 0.1) is 33.3 Å². The number of halogens is 4. The van der Waals surface area contributed by atoms with E-state index in [1.807, 2.05) is 13.8 Å². The Bertz CT molecular complexity index is 1310. The van der Waals surface area contributed by atoms with Crippen LogP contribution < -0.4 is 10.9 Å². The molecule has 34 heavy (non-hydrogen) atoms. The standard InChI is InChI=1S/C21H17ClF3N3O3S.C2H6/c22-15-6-4-12(21(23,24)25)9-17(15)28-19(30)14-5-3-11(8-16(14)27-20(28)32)18(29)26-10-13-2-1-7-31-13;1-2/h3-6,8-9,13H,1-2,7,10H2,(H,26,29)(H,27,32);1-2H3. The second-order valence-electron chi connectivity index (χ2n) is 7.34. The Hall–Kier alpha value is -2.69. The van der Waals surface area contributed by atoms with Crippen LogP contribution in [0, 0.1) is 4.77 Å². The van der Waals surface area contributed by atoms with Crippen molar-refractivity contribution in [1.82, 2.24) is 14.9 Å². The summed E-state index contributed by atoms with van der Waals surface area (Å²) >= 11 is 11.3. The van der Waals surface area contributed by atoms with Crippen LogP contribution in [0.2, 0.25) is 5.02 Å². The number of hydrogen-bond donors (Lipinski definition) is 2. The molecule has 0 saturated carbocycles. The molecule has 1 unspecified atom stereocenters. The topological polar surface area (TPSA) is 76.1 Å². The Morgan fingerprint density at radius 1 is 1.26 bits per heavy atom. The number of hydrogen-bond acceptors (Lipinski definition) is 4. The van der Waals surface area contributed by atoms with Crippen LogP contribution in [0.15, 0.2) is 41.2 Å². The van der Waals surface area contributed by atoms with E-state index < -0.39 is 17.3 Å². The summed E-state index contributed by atoms with van der Waals surface area (Å²) in [7, 11) is 0. The molecule has 2 heterocycles. The molecule has 1 saturated heterocycles. The van der Waals surface area contributed by atoms with Crippen molar-refractivity contribution in [3.8, 4) is 5.69 Å². The maximum atomic E-state index is 13.1. The van der Waals surface area contributed by atoms with Crippen molar-refractivity contribution < 1.29 is 22.7 Å². The monoisotopic (exact) mass is 513 g/mol. The first kappa shape index (κ1) is 25.9. The fraction of sp³-hybridized carbons (Fsp3) is 0.348. The smallest absolute Gasteiger partial charge is 0.376 e. The van der Waals surface area contributed by atoms with E-state index in [-0.39, 0.29) is 38.4 Å². The molecule has 2 aromatic carbocycles. The molecule has 1 atom stereocenters. The third-order valence-corrected chi connectivity index (χ3v) is 5.79. The van der Waals surface area contributed by atoms with Crippen LogP contribution in [0.25, 0.3) is 16.6 Å². The Morgan fingerprint density at radius 2 is 2.00 bits per heavy atom. The molecular weight excluding hydrogens is 491 g/mol. The van der Waals surface area contributed by atoms with Crippen molar-refractivity contribution in [1.29, 1.82) is 0 Å². The molecule has 0 aliphatic carbocycles. The zero-order chi connectivity index (χ0) is 25.0. The third-order valence-electron chi connectivity index (χ3n) is 5.19. The highest BCUT2D eigenvalue weighted by molar-refractivity contribution is 7.71. The van der Waals surface area contributed by atoms with E-state index in [4.69, 9.17) is 28.6 Å². The zero-order valence-corrected chi connectivity index (χ0v) is 20.0. The van der Waals surface area contributed by atoms with Crippen molar-refractivity contribution in [3.63, 3.8) is 0 Å². The average Bonchev–Trinajstić information content (AvgIpc) is 3.32. The Labute approximate surface area is 203 Å². The number of nitrogens with zero attached hydrogens (tertiary/aromatic N) is 1. The first-order chi connectivity index (χ1) is 16.1. The first-order valence-electron chi connectivity index (χ1n) is 10.7. The van der Waals surface area contributed by atoms with Gasteiger partial charge in [0.15, 0.2) is 4.77 Å². The fourth-order valence-electron chi connectivity index (χ4n) is 3.55. The summed E-state index contributed by atoms with van der Waals surface area (Å²) in [5.74, 6) is -0.341. The summed E-state index contributed by atoms with van der Waals surface area (Å²) in [6, 6.07) is 7.01. The van der Waals surface area contributed by atoms with Crippen molar-refractivity contribution in [2.75, 3.05) is 13.2 Å². The summed E-state index contributed by atoms with van der Waals surface area (Å²) < 4.78 is 45.7. The van der Waals surface area contributed by atoms with Gasteiger partial charge >= 0.3 is 6.18 Å². The Morgan fingerprint density at radius 3 is 2.65 bits per heavy atom. The van der Waals surface area contributed by atoms with E-state index in [0.717, 1.165) is 35.6 Å². The lowest BCUT2D eigenvalue weighted by Crippen LogP contribution is -2.31. The quantitative estimate of drug-likeness (QED) is 0.442. The predicted molar refractivity (Wildman–Crippen MR) is 127 cm³/mol. The van der Waals surface area contributed by atoms with E-state index in [1.54, 1.807) is 0 Å². The SMILES string of the molecule is CC.O=C(NCC1CCCO1)c1ccc2c(=O)n(-c3cc(C(F)(F)F)ccc3Cl)c(=S)[nH]c2c1. The van der Waals surface area contributed by atoms with E-state index in [2.05, 4.69) is 10.3 Å². The number of alkyl halides is 3. The van der Waals surface area contributed by atoms with Crippen LogP contribution in [0.5, 0.6) is 0 Å². The van der Waals surface area contributed by atoms with Crippen molar-refractivity contribution >= 4 is 40.6 Å². The van der Waals surface area contributed by atoms with Crippen molar-refractivity contribution in [2.24, 2.45) is 0 Å². The molecule has 1 aliphatic rings. The van der Waals surface area contributed by atoms with Crippen LogP contribution in [-0.4, -0.2) is 34.7 Å². The van der Waals surface area contributed by atoms with Gasteiger partial charge in [-0.05, 0) is 61.5 Å². The van der Waals surface area contributed by atoms with E-state index >= 15 is 0 Å². The normalized spacial score (nSPS) is 15.6. The van der Waals surface area contributed by atoms with Crippen LogP contribution in [0.1, 0.15) is 42.6 Å². The van der Waals surface area contributed by atoms with Gasteiger partial charge in [-0.1, -0.05) is 25.4 Å². The highest BCUT2D eigenvalue weighted by atomic mass is 35.5. The molecule has 4 rings (SSSR count). The number of H-pyrrole nitrogens is 1. The molecular formula is C23H23ClF3N3O3S. The van der Waals surface area contributed by atoms with E-state index in [9.17, 15) is 22.8 Å². The van der Waals surface area contributed by atoms with Gasteiger partial charge in [0.1, 0.15) is 0 Å². The second kappa shape index (κ2) is 10.7. The van der Waals surface area contributed by atoms with Gasteiger partial charge in [0, 0.05) is 18.7 Å². The average molecular weight is 514 g/mol. The summed E-state index contributed by atoms with van der Waals surface area (Å²) in [4.78, 5) is 28.3. The number of aromatic amines is 1. The molecule has 11 heteroatoms. The molecule has 182 valence electrons. The summed E-state index contributed by atoms with van der Waals surface area (Å²) in [6.07, 6.45) is -2.80. The number of amides is 1. The number of rotatable bonds is 4. The second-order valence-corrected chi connectivity index (χ2v) is 8.13. The Balaban J connectivity index is 0.00000158. The number of benzene rings is 2. The number of aromatic nitrogens is 2. The lowest BCUT2D eigenvalue weighted by atomic mass is 10.1. The minimum atomic E-state index is -4.61. The van der Waals surface area contributed by atoms with Gasteiger partial charge in [0.2, 0.25) is 0 Å². The van der Waals surface area contributed by atoms with Crippen LogP contribution >= 0.6 is 23.8 Å². The van der Waals surface area contributed by atoms with Gasteiger partial charge in [-0.15, -0.1) is 0 Å². The minimum absolute atomic E-state index is 0.0189. The number of ether oxygens (including phenoxy) is 1. The Kier molecular flexibility index (Phi) is 8.17. The maximum Gasteiger partial charge on any atom is 0.416 e. The molecule has 0 radical (unpaired) electrons. The summed E-state index contributed by atoms with van der Waals surface area (Å²) in [6.45, 7) is 5.05. The highest BCUT2D eigenvalue weighted by Gasteiger charge is 2.31. The van der Waals surface area contributed by atoms with Gasteiger partial charge in [0.25, 0.3) is 11.5 Å². The predicted octanol–water partition coefficient (Wildman–Crippen LogP) is 5.66. The fourth-order valence-corrected chi connectivity index (χ4v) is 4.05. The molecule has 1 amide bonds. The lowest BCUT2D eigenvalue weighted by molar-refractivity contribution is -0.137. The lowest BCUT2D eigenvalue weighted by Gasteiger charge is -2.14. The van der Waals surface area contributed by atoms with Gasteiger partial charge in [-0.2, -0.15) is 13.2 Å². The van der Waals surface area contributed by atoms with Crippen LogP contribution in [-0.2, 0) is 10.9 Å². The molecule has 1 fully saturated rings. The number of carbonyl (C=O) groups is 1. The van der Waals surface area contributed by atoms with Crippen molar-refractivity contribution in [2.45, 2.75) is 39.0 Å². The minimum Gasteiger partial charge on any atom is -0.376 e. The molecule has 1 aliphatic heterocycles. The number of nitrogens with one attached hydrogen (secondary N) is 2. The number of fused-ring (bicyclic) bond motifs is 1. The summed E-state index contributed by atoms with van der Waals surface area (Å²) in [5, 5.41) is 2.86. The first-order valence-corrected chi connectivity index (χ1v) is 11.5. The van der Waals surface area contributed by atoms with Crippen LogP contribution in [0.3, 0.4) is 0 Å². The van der Waals surface area contributed by atoms with Gasteiger partial charge in [-0.25, -0.2) is 0 Å².